The normalized spacial score (nSPS) is 10.6. The van der Waals surface area contributed by atoms with Gasteiger partial charge in [-0.05, 0) is 50.6 Å². The highest BCUT2D eigenvalue weighted by molar-refractivity contribution is 7.18. The van der Waals surface area contributed by atoms with Crippen LogP contribution in [-0.4, -0.2) is 23.9 Å². The summed E-state index contributed by atoms with van der Waals surface area (Å²) in [5.41, 5.74) is 3.37. The first-order valence-corrected chi connectivity index (χ1v) is 10.5. The maximum atomic E-state index is 13.2. The van der Waals surface area contributed by atoms with Crippen LogP contribution in [0.15, 0.2) is 30.5 Å². The lowest BCUT2D eigenvalue weighted by molar-refractivity contribution is 0.0953. The molecule has 9 heteroatoms. The minimum Gasteiger partial charge on any atom is -0.496 e. The third kappa shape index (κ3) is 5.03. The van der Waals surface area contributed by atoms with E-state index in [4.69, 9.17) is 16.3 Å². The molecule has 0 unspecified atom stereocenters. The first-order chi connectivity index (χ1) is 14.7. The summed E-state index contributed by atoms with van der Waals surface area (Å²) in [5, 5.41) is 6.06. The van der Waals surface area contributed by atoms with E-state index in [-0.39, 0.29) is 23.0 Å². The van der Waals surface area contributed by atoms with Gasteiger partial charge in [0.25, 0.3) is 11.8 Å². The molecule has 0 fully saturated rings. The summed E-state index contributed by atoms with van der Waals surface area (Å²) in [7, 11) is 1.60. The number of hydrogen-bond donors (Lipinski definition) is 2. The van der Waals surface area contributed by atoms with Crippen LogP contribution in [0.4, 0.5) is 9.39 Å². The average molecular weight is 462 g/mol. The number of carbonyl (C=O) groups excluding carboxylic acids is 2. The Labute approximate surface area is 188 Å². The fraction of sp³-hybridized carbons (Fsp3) is 0.227. The van der Waals surface area contributed by atoms with Gasteiger partial charge in [-0.2, -0.15) is 0 Å². The van der Waals surface area contributed by atoms with Crippen LogP contribution < -0.4 is 15.4 Å². The molecule has 31 heavy (non-hydrogen) atoms. The van der Waals surface area contributed by atoms with Crippen molar-refractivity contribution < 1.29 is 18.7 Å². The van der Waals surface area contributed by atoms with Gasteiger partial charge in [0.2, 0.25) is 0 Å². The zero-order chi connectivity index (χ0) is 22.7. The number of rotatable bonds is 6. The molecule has 6 nitrogen and oxygen atoms in total. The van der Waals surface area contributed by atoms with Crippen LogP contribution in [0.25, 0.3) is 0 Å². The molecule has 0 saturated carbocycles. The zero-order valence-electron chi connectivity index (χ0n) is 17.4. The van der Waals surface area contributed by atoms with Gasteiger partial charge in [0, 0.05) is 17.3 Å². The van der Waals surface area contributed by atoms with E-state index in [1.165, 1.54) is 6.07 Å². The minimum absolute atomic E-state index is 0.0140. The number of nitrogens with zero attached hydrogens (tertiary/aromatic N) is 1. The lowest BCUT2D eigenvalue weighted by Crippen LogP contribution is -2.23. The number of carbonyl (C=O) groups is 2. The topological polar surface area (TPSA) is 80.3 Å². The molecule has 2 N–H and O–H groups in total. The Morgan fingerprint density at radius 2 is 1.90 bits per heavy atom. The predicted octanol–water partition coefficient (Wildman–Crippen LogP) is 5.05. The van der Waals surface area contributed by atoms with Crippen LogP contribution in [0.1, 0.15) is 42.4 Å². The van der Waals surface area contributed by atoms with Crippen molar-refractivity contribution in [1.82, 2.24) is 10.3 Å². The number of hydrogen-bond acceptors (Lipinski definition) is 5. The van der Waals surface area contributed by atoms with Crippen LogP contribution in [0.2, 0.25) is 5.02 Å². The smallest absolute Gasteiger partial charge is 0.262 e. The monoisotopic (exact) mass is 461 g/mol. The van der Waals surface area contributed by atoms with Gasteiger partial charge in [0.15, 0.2) is 0 Å². The molecule has 0 saturated heterocycles. The Morgan fingerprint density at radius 3 is 2.58 bits per heavy atom. The number of benzene rings is 1. The van der Waals surface area contributed by atoms with Crippen molar-refractivity contribution >= 4 is 39.8 Å². The average Bonchev–Trinajstić information content (AvgIpc) is 3.07. The Bertz CT molecular complexity index is 1160. The van der Waals surface area contributed by atoms with Crippen LogP contribution in [0, 0.1) is 26.6 Å². The maximum Gasteiger partial charge on any atom is 0.262 e. The molecule has 0 aliphatic carbocycles. The van der Waals surface area contributed by atoms with E-state index in [2.05, 4.69) is 15.6 Å². The van der Waals surface area contributed by atoms with Gasteiger partial charge in [-0.1, -0.05) is 11.6 Å². The first-order valence-electron chi connectivity index (χ1n) is 9.35. The third-order valence-electron chi connectivity index (χ3n) is 4.70. The predicted molar refractivity (Wildman–Crippen MR) is 120 cm³/mol. The second-order valence-electron chi connectivity index (χ2n) is 6.93. The molecule has 2 heterocycles. The summed E-state index contributed by atoms with van der Waals surface area (Å²) in [5.74, 6) is -0.534. The second-order valence-corrected chi connectivity index (χ2v) is 8.39. The van der Waals surface area contributed by atoms with E-state index >= 15 is 0 Å². The minimum atomic E-state index is -0.525. The first kappa shape index (κ1) is 22.7. The maximum absolute atomic E-state index is 13.2. The number of thiophene rings is 1. The lowest BCUT2D eigenvalue weighted by Gasteiger charge is -2.12. The Hall–Kier alpha value is -2.97. The quantitative estimate of drug-likeness (QED) is 0.538. The van der Waals surface area contributed by atoms with Crippen molar-refractivity contribution in [3.8, 4) is 5.75 Å². The van der Waals surface area contributed by atoms with Gasteiger partial charge in [-0.25, -0.2) is 4.39 Å². The van der Waals surface area contributed by atoms with Crippen molar-refractivity contribution in [3.05, 3.63) is 74.1 Å². The van der Waals surface area contributed by atoms with E-state index in [0.717, 1.165) is 40.3 Å². The Morgan fingerprint density at radius 1 is 1.16 bits per heavy atom. The molecule has 0 atom stereocenters. The number of amides is 2. The molecule has 1 aromatic carbocycles. The van der Waals surface area contributed by atoms with Gasteiger partial charge in [-0.15, -0.1) is 11.3 Å². The molecule has 0 bridgehead atoms. The molecular formula is C22H21ClFN3O3S. The van der Waals surface area contributed by atoms with Gasteiger partial charge in [0.1, 0.15) is 11.6 Å². The molecule has 2 amide bonds. The second kappa shape index (κ2) is 9.45. The molecule has 0 aliphatic heterocycles. The van der Waals surface area contributed by atoms with Crippen LogP contribution in [-0.2, 0) is 6.54 Å². The summed E-state index contributed by atoms with van der Waals surface area (Å²) in [6, 6.07) is 5.25. The zero-order valence-corrected chi connectivity index (χ0v) is 19.0. The number of aromatic nitrogens is 1. The Kier molecular flexibility index (Phi) is 6.92. The standard InChI is InChI=1S/C22H21ClFN3O3S/c1-11-7-18(27-21(28)15-6-5-14(24)8-16(15)23)31-20(11)22(29)26-10-17-13(3)19(30-4)12(2)9-25-17/h5-9H,10H2,1-4H3,(H,26,29)(H,27,28). The largest absolute Gasteiger partial charge is 0.496 e. The molecule has 0 aliphatic rings. The van der Waals surface area contributed by atoms with Crippen LogP contribution in [0.5, 0.6) is 5.75 Å². The highest BCUT2D eigenvalue weighted by Crippen LogP contribution is 2.28. The summed E-state index contributed by atoms with van der Waals surface area (Å²) < 4.78 is 18.6. The number of halogens is 2. The van der Waals surface area contributed by atoms with Gasteiger partial charge >= 0.3 is 0 Å². The Balaban J connectivity index is 1.70. The molecule has 0 spiro atoms. The third-order valence-corrected chi connectivity index (χ3v) is 6.17. The molecule has 3 rings (SSSR count). The fourth-order valence-electron chi connectivity index (χ4n) is 3.12. The van der Waals surface area contributed by atoms with Crippen molar-refractivity contribution in [2.24, 2.45) is 0 Å². The number of aryl methyl sites for hydroxylation is 2. The van der Waals surface area contributed by atoms with E-state index < -0.39 is 11.7 Å². The number of methoxy groups -OCH3 is 1. The van der Waals surface area contributed by atoms with Crippen molar-refractivity contribution in [2.45, 2.75) is 27.3 Å². The SMILES string of the molecule is COc1c(C)cnc(CNC(=O)c2sc(NC(=O)c3ccc(F)cc3Cl)cc2C)c1C. The summed E-state index contributed by atoms with van der Waals surface area (Å²) in [6.45, 7) is 5.83. The highest BCUT2D eigenvalue weighted by atomic mass is 35.5. The van der Waals surface area contributed by atoms with Crippen molar-refractivity contribution in [2.75, 3.05) is 12.4 Å². The number of pyridine rings is 1. The van der Waals surface area contributed by atoms with E-state index in [0.29, 0.717) is 21.1 Å². The summed E-state index contributed by atoms with van der Waals surface area (Å²) in [6.07, 6.45) is 1.71. The number of ether oxygens (including phenoxy) is 1. The summed E-state index contributed by atoms with van der Waals surface area (Å²) in [4.78, 5) is 30.0. The molecule has 3 aromatic rings. The summed E-state index contributed by atoms with van der Waals surface area (Å²) >= 11 is 7.09. The molecule has 0 radical (unpaired) electrons. The molecular weight excluding hydrogens is 441 g/mol. The number of nitrogens with one attached hydrogen (secondary N) is 2. The van der Waals surface area contributed by atoms with Gasteiger partial charge in [0.05, 0.1) is 39.8 Å². The van der Waals surface area contributed by atoms with Crippen molar-refractivity contribution in [3.63, 3.8) is 0 Å². The molecule has 162 valence electrons. The number of anilines is 1. The highest BCUT2D eigenvalue weighted by Gasteiger charge is 2.18. The lowest BCUT2D eigenvalue weighted by atomic mass is 10.1. The fourth-order valence-corrected chi connectivity index (χ4v) is 4.35. The molecule has 2 aromatic heterocycles. The van der Waals surface area contributed by atoms with E-state index in [1.807, 2.05) is 13.8 Å². The van der Waals surface area contributed by atoms with Gasteiger partial charge in [-0.3, -0.25) is 14.6 Å². The van der Waals surface area contributed by atoms with E-state index in [1.54, 1.807) is 26.3 Å². The van der Waals surface area contributed by atoms with E-state index in [9.17, 15) is 14.0 Å². The van der Waals surface area contributed by atoms with Crippen LogP contribution >= 0.6 is 22.9 Å². The van der Waals surface area contributed by atoms with Gasteiger partial charge < -0.3 is 15.4 Å². The van der Waals surface area contributed by atoms with Crippen LogP contribution in [0.3, 0.4) is 0 Å². The van der Waals surface area contributed by atoms with Crippen molar-refractivity contribution in [1.29, 1.82) is 0 Å².